The third-order valence-corrected chi connectivity index (χ3v) is 3.88. The summed E-state index contributed by atoms with van der Waals surface area (Å²) in [5, 5.41) is 3.41. The van der Waals surface area contributed by atoms with E-state index in [0.717, 1.165) is 32.7 Å². The fourth-order valence-corrected chi connectivity index (χ4v) is 2.87. The highest BCUT2D eigenvalue weighted by molar-refractivity contribution is 5.74. The maximum atomic E-state index is 12.2. The number of carbonyl (C=O) groups is 1. The molecule has 0 bridgehead atoms. The van der Waals surface area contributed by atoms with Crippen molar-refractivity contribution in [3.63, 3.8) is 0 Å². The van der Waals surface area contributed by atoms with E-state index in [9.17, 15) is 4.79 Å². The second kappa shape index (κ2) is 6.24. The Hall–Kier alpha value is -0.770. The van der Waals surface area contributed by atoms with Gasteiger partial charge in [-0.05, 0) is 51.1 Å². The number of hydrogen-bond acceptors (Lipinski definition) is 2. The highest BCUT2D eigenvalue weighted by Crippen LogP contribution is 2.14. The van der Waals surface area contributed by atoms with Crippen molar-refractivity contribution in [2.24, 2.45) is 5.92 Å². The van der Waals surface area contributed by atoms with Crippen LogP contribution in [0.3, 0.4) is 0 Å². The third-order valence-electron chi connectivity index (χ3n) is 3.88. The lowest BCUT2D eigenvalue weighted by molar-refractivity contribution is 0.143. The number of urea groups is 1. The van der Waals surface area contributed by atoms with Gasteiger partial charge in [0.2, 0.25) is 0 Å². The number of likely N-dealkylation sites (tertiary alicyclic amines) is 1. The van der Waals surface area contributed by atoms with Crippen LogP contribution in [-0.2, 0) is 0 Å². The van der Waals surface area contributed by atoms with E-state index < -0.39 is 0 Å². The second-order valence-corrected chi connectivity index (χ2v) is 5.42. The molecule has 0 radical (unpaired) electrons. The van der Waals surface area contributed by atoms with E-state index in [1.807, 2.05) is 16.8 Å². The minimum absolute atomic E-state index is 0.232. The van der Waals surface area contributed by atoms with Gasteiger partial charge in [0, 0.05) is 26.7 Å². The smallest absolute Gasteiger partial charge is 0.319 e. The predicted octanol–water partition coefficient (Wildman–Crippen LogP) is 1.52. The largest absolute Gasteiger partial charge is 0.327 e. The molecule has 17 heavy (non-hydrogen) atoms. The Kier molecular flexibility index (Phi) is 4.66. The maximum Gasteiger partial charge on any atom is 0.319 e. The first-order chi connectivity index (χ1) is 8.27. The predicted molar refractivity (Wildman–Crippen MR) is 69.0 cm³/mol. The van der Waals surface area contributed by atoms with Crippen LogP contribution >= 0.6 is 0 Å². The van der Waals surface area contributed by atoms with Gasteiger partial charge in [-0.25, -0.2) is 4.79 Å². The highest BCUT2D eigenvalue weighted by Gasteiger charge is 2.22. The van der Waals surface area contributed by atoms with Crippen molar-refractivity contribution >= 4 is 6.03 Å². The minimum atomic E-state index is 0.232. The number of hydrogen-bond donors (Lipinski definition) is 1. The van der Waals surface area contributed by atoms with Gasteiger partial charge in [0.1, 0.15) is 0 Å². The van der Waals surface area contributed by atoms with Crippen molar-refractivity contribution in [3.05, 3.63) is 0 Å². The summed E-state index contributed by atoms with van der Waals surface area (Å²) in [4.78, 5) is 16.1. The molecule has 2 aliphatic heterocycles. The van der Waals surface area contributed by atoms with Crippen LogP contribution in [0, 0.1) is 5.92 Å². The average molecular weight is 239 g/mol. The van der Waals surface area contributed by atoms with Gasteiger partial charge in [-0.1, -0.05) is 0 Å². The van der Waals surface area contributed by atoms with E-state index in [4.69, 9.17) is 0 Å². The standard InChI is InChI=1S/C13H25N3O/c1-15(11-12-6-5-7-14-10-12)13(17)16-8-3-2-4-9-16/h12,14H,2-11H2,1H3. The number of nitrogens with one attached hydrogen (secondary N) is 1. The van der Waals surface area contributed by atoms with E-state index in [-0.39, 0.29) is 6.03 Å². The summed E-state index contributed by atoms with van der Waals surface area (Å²) in [6, 6.07) is 0.232. The Morgan fingerprint density at radius 2 is 2.06 bits per heavy atom. The quantitative estimate of drug-likeness (QED) is 0.793. The summed E-state index contributed by atoms with van der Waals surface area (Å²) >= 11 is 0. The molecule has 2 aliphatic rings. The van der Waals surface area contributed by atoms with Crippen molar-refractivity contribution in [2.45, 2.75) is 32.1 Å². The fourth-order valence-electron chi connectivity index (χ4n) is 2.87. The molecular formula is C13H25N3O. The normalized spacial score (nSPS) is 25.7. The first kappa shape index (κ1) is 12.7. The van der Waals surface area contributed by atoms with E-state index in [0.29, 0.717) is 5.92 Å². The van der Waals surface area contributed by atoms with Crippen LogP contribution in [-0.4, -0.2) is 55.6 Å². The maximum absolute atomic E-state index is 12.2. The molecule has 1 unspecified atom stereocenters. The molecule has 1 atom stereocenters. The molecule has 2 fully saturated rings. The molecule has 0 aromatic rings. The number of nitrogens with zero attached hydrogens (tertiary/aromatic N) is 2. The zero-order chi connectivity index (χ0) is 12.1. The number of amides is 2. The number of carbonyl (C=O) groups excluding carboxylic acids is 1. The summed E-state index contributed by atoms with van der Waals surface area (Å²) in [7, 11) is 1.95. The van der Waals surface area contributed by atoms with Gasteiger partial charge in [-0.3, -0.25) is 0 Å². The minimum Gasteiger partial charge on any atom is -0.327 e. The van der Waals surface area contributed by atoms with Crippen LogP contribution < -0.4 is 5.32 Å². The topological polar surface area (TPSA) is 35.6 Å². The van der Waals surface area contributed by atoms with Gasteiger partial charge >= 0.3 is 6.03 Å². The van der Waals surface area contributed by atoms with Gasteiger partial charge in [-0.15, -0.1) is 0 Å². The first-order valence-electron chi connectivity index (χ1n) is 6.98. The molecule has 2 amide bonds. The summed E-state index contributed by atoms with van der Waals surface area (Å²) in [6.45, 7) is 5.01. The molecule has 2 rings (SSSR count). The van der Waals surface area contributed by atoms with Crippen molar-refractivity contribution in [3.8, 4) is 0 Å². The van der Waals surface area contributed by atoms with Crippen molar-refractivity contribution in [1.82, 2.24) is 15.1 Å². The molecule has 0 spiro atoms. The monoisotopic (exact) mass is 239 g/mol. The summed E-state index contributed by atoms with van der Waals surface area (Å²) in [5.41, 5.74) is 0. The summed E-state index contributed by atoms with van der Waals surface area (Å²) in [6.07, 6.45) is 6.12. The van der Waals surface area contributed by atoms with E-state index >= 15 is 0 Å². The van der Waals surface area contributed by atoms with E-state index in [1.54, 1.807) is 0 Å². The molecule has 2 saturated heterocycles. The second-order valence-electron chi connectivity index (χ2n) is 5.42. The van der Waals surface area contributed by atoms with Gasteiger partial charge in [-0.2, -0.15) is 0 Å². The molecule has 4 nitrogen and oxygen atoms in total. The number of rotatable bonds is 2. The van der Waals surface area contributed by atoms with E-state index in [2.05, 4.69) is 5.32 Å². The lowest BCUT2D eigenvalue weighted by Crippen LogP contribution is -2.46. The van der Waals surface area contributed by atoms with Crippen LogP contribution in [0.1, 0.15) is 32.1 Å². The molecular weight excluding hydrogens is 214 g/mol. The summed E-state index contributed by atoms with van der Waals surface area (Å²) in [5.74, 6) is 0.641. The molecule has 0 aromatic carbocycles. The van der Waals surface area contributed by atoms with Gasteiger partial charge in [0.15, 0.2) is 0 Å². The Labute approximate surface area is 104 Å². The molecule has 2 heterocycles. The highest BCUT2D eigenvalue weighted by atomic mass is 16.2. The van der Waals surface area contributed by atoms with Crippen LogP contribution in [0.25, 0.3) is 0 Å². The summed E-state index contributed by atoms with van der Waals surface area (Å²) < 4.78 is 0. The molecule has 4 heteroatoms. The zero-order valence-electron chi connectivity index (χ0n) is 11.0. The van der Waals surface area contributed by atoms with Crippen LogP contribution in [0.4, 0.5) is 4.79 Å². The Balaban J connectivity index is 1.77. The lowest BCUT2D eigenvalue weighted by atomic mass is 9.99. The Morgan fingerprint density at radius 1 is 1.29 bits per heavy atom. The van der Waals surface area contributed by atoms with Crippen LogP contribution in [0.5, 0.6) is 0 Å². The molecule has 0 aromatic heterocycles. The third kappa shape index (κ3) is 3.60. The lowest BCUT2D eigenvalue weighted by Gasteiger charge is -2.33. The zero-order valence-corrected chi connectivity index (χ0v) is 11.0. The van der Waals surface area contributed by atoms with Gasteiger partial charge < -0.3 is 15.1 Å². The number of piperidine rings is 2. The molecule has 98 valence electrons. The van der Waals surface area contributed by atoms with Crippen LogP contribution in [0.2, 0.25) is 0 Å². The molecule has 0 saturated carbocycles. The molecule has 0 aliphatic carbocycles. The fraction of sp³-hybridized carbons (Fsp3) is 0.923. The van der Waals surface area contributed by atoms with Crippen molar-refractivity contribution in [1.29, 1.82) is 0 Å². The first-order valence-corrected chi connectivity index (χ1v) is 6.98. The van der Waals surface area contributed by atoms with Crippen molar-refractivity contribution < 1.29 is 4.79 Å². The Bertz CT molecular complexity index is 245. The van der Waals surface area contributed by atoms with Gasteiger partial charge in [0.25, 0.3) is 0 Å². The van der Waals surface area contributed by atoms with E-state index in [1.165, 1.54) is 32.1 Å². The van der Waals surface area contributed by atoms with Crippen molar-refractivity contribution in [2.75, 3.05) is 39.8 Å². The SMILES string of the molecule is CN(CC1CCCNC1)C(=O)N1CCCCC1. The molecule has 1 N–H and O–H groups in total. The Morgan fingerprint density at radius 3 is 2.71 bits per heavy atom. The average Bonchev–Trinajstić information content (AvgIpc) is 2.40. The van der Waals surface area contributed by atoms with Crippen LogP contribution in [0.15, 0.2) is 0 Å². The van der Waals surface area contributed by atoms with Gasteiger partial charge in [0.05, 0.1) is 0 Å².